The van der Waals surface area contributed by atoms with E-state index in [0.717, 1.165) is 30.2 Å². The van der Waals surface area contributed by atoms with Crippen molar-refractivity contribution >= 4 is 0 Å². The van der Waals surface area contributed by atoms with Crippen LogP contribution >= 0.6 is 0 Å². The first-order chi connectivity index (χ1) is 12.1. The summed E-state index contributed by atoms with van der Waals surface area (Å²) in [6, 6.07) is 12.3. The van der Waals surface area contributed by atoms with E-state index >= 15 is 0 Å². The summed E-state index contributed by atoms with van der Waals surface area (Å²) in [4.78, 5) is 2.51. The van der Waals surface area contributed by atoms with E-state index in [1.165, 1.54) is 30.5 Å². The average Bonchev–Trinajstić information content (AvgIpc) is 2.62. The molecule has 4 nitrogen and oxygen atoms in total. The molecule has 2 atom stereocenters. The van der Waals surface area contributed by atoms with E-state index in [1.807, 2.05) is 12.1 Å². The van der Waals surface area contributed by atoms with Gasteiger partial charge >= 0.3 is 0 Å². The number of phenolic OH excluding ortho intramolecular Hbond substituents is 1. The Kier molecular flexibility index (Phi) is 4.40. The van der Waals surface area contributed by atoms with Gasteiger partial charge in [0.1, 0.15) is 17.2 Å². The van der Waals surface area contributed by atoms with E-state index in [4.69, 9.17) is 4.74 Å². The molecule has 2 unspecified atom stereocenters. The van der Waals surface area contributed by atoms with Crippen molar-refractivity contribution in [3.63, 3.8) is 0 Å². The number of nitrogens with zero attached hydrogens (tertiary/aromatic N) is 1. The van der Waals surface area contributed by atoms with E-state index in [2.05, 4.69) is 36.2 Å². The Bertz CT molecular complexity index is 774. The van der Waals surface area contributed by atoms with Crippen LogP contribution in [0.4, 0.5) is 0 Å². The van der Waals surface area contributed by atoms with Crippen LogP contribution in [0.5, 0.6) is 17.2 Å². The summed E-state index contributed by atoms with van der Waals surface area (Å²) in [5, 5.41) is 13.7. The van der Waals surface area contributed by atoms with Crippen molar-refractivity contribution in [2.24, 2.45) is 0 Å². The zero-order valence-corrected chi connectivity index (χ0v) is 15.0. The van der Waals surface area contributed by atoms with Crippen molar-refractivity contribution in [2.45, 2.75) is 38.8 Å². The second-order valence-corrected chi connectivity index (χ2v) is 7.20. The maximum atomic E-state index is 9.85. The minimum atomic E-state index is 0.0982. The van der Waals surface area contributed by atoms with E-state index in [-0.39, 0.29) is 11.8 Å². The highest BCUT2D eigenvalue weighted by Crippen LogP contribution is 2.44. The Morgan fingerprint density at radius 1 is 1.16 bits per heavy atom. The molecule has 0 aromatic heterocycles. The average molecular weight is 338 g/mol. The number of piperidine rings is 1. The number of aromatic hydroxyl groups is 1. The van der Waals surface area contributed by atoms with Gasteiger partial charge in [-0.3, -0.25) is 0 Å². The monoisotopic (exact) mass is 338 g/mol. The molecule has 0 amide bonds. The summed E-state index contributed by atoms with van der Waals surface area (Å²) >= 11 is 0. The predicted molar refractivity (Wildman–Crippen MR) is 99.5 cm³/mol. The third-order valence-corrected chi connectivity index (χ3v) is 5.36. The molecule has 25 heavy (non-hydrogen) atoms. The van der Waals surface area contributed by atoms with Crippen LogP contribution in [0.1, 0.15) is 42.5 Å². The lowest BCUT2D eigenvalue weighted by atomic mass is 9.91. The Labute approximate surface area is 149 Å². The van der Waals surface area contributed by atoms with Crippen molar-refractivity contribution in [1.82, 2.24) is 10.2 Å². The molecule has 0 bridgehead atoms. The fraction of sp³-hybridized carbons (Fsp3) is 0.429. The van der Waals surface area contributed by atoms with Crippen molar-refractivity contribution in [1.29, 1.82) is 0 Å². The summed E-state index contributed by atoms with van der Waals surface area (Å²) in [6.45, 7) is 7.73. The highest BCUT2D eigenvalue weighted by Gasteiger charge is 2.30. The van der Waals surface area contributed by atoms with Crippen LogP contribution in [-0.4, -0.2) is 35.7 Å². The Morgan fingerprint density at radius 2 is 2.04 bits per heavy atom. The number of nitrogens with one attached hydrogen (secondary N) is 1. The van der Waals surface area contributed by atoms with Gasteiger partial charge < -0.3 is 20.1 Å². The van der Waals surface area contributed by atoms with Gasteiger partial charge in [0.05, 0.1) is 6.04 Å². The van der Waals surface area contributed by atoms with Gasteiger partial charge in [0.25, 0.3) is 0 Å². The van der Waals surface area contributed by atoms with E-state index in [9.17, 15) is 5.11 Å². The van der Waals surface area contributed by atoms with Crippen LogP contribution < -0.4 is 10.1 Å². The quantitative estimate of drug-likeness (QED) is 0.889. The minimum absolute atomic E-state index is 0.0982. The van der Waals surface area contributed by atoms with Crippen molar-refractivity contribution in [2.75, 3.05) is 19.6 Å². The van der Waals surface area contributed by atoms with Gasteiger partial charge in [-0.1, -0.05) is 24.6 Å². The molecular formula is C21H26N2O2. The van der Waals surface area contributed by atoms with Crippen LogP contribution in [0.3, 0.4) is 0 Å². The van der Waals surface area contributed by atoms with Gasteiger partial charge in [-0.05, 0) is 51.1 Å². The zero-order chi connectivity index (χ0) is 17.4. The Morgan fingerprint density at radius 3 is 2.88 bits per heavy atom. The van der Waals surface area contributed by atoms with Crippen molar-refractivity contribution in [3.8, 4) is 17.2 Å². The number of likely N-dealkylation sites (tertiary alicyclic amines) is 1. The molecule has 0 saturated carbocycles. The van der Waals surface area contributed by atoms with Gasteiger partial charge in [-0.15, -0.1) is 0 Å². The molecule has 2 aliphatic rings. The van der Waals surface area contributed by atoms with Crippen LogP contribution in [0.25, 0.3) is 0 Å². The lowest BCUT2D eigenvalue weighted by molar-refractivity contribution is 0.192. The molecule has 2 aromatic carbocycles. The van der Waals surface area contributed by atoms with Gasteiger partial charge in [0.15, 0.2) is 0 Å². The fourth-order valence-electron chi connectivity index (χ4n) is 4.02. The van der Waals surface area contributed by atoms with Crippen molar-refractivity contribution < 1.29 is 9.84 Å². The number of hydrogen-bond donors (Lipinski definition) is 2. The van der Waals surface area contributed by atoms with Crippen LogP contribution in [0.15, 0.2) is 36.4 Å². The van der Waals surface area contributed by atoms with Gasteiger partial charge in [0, 0.05) is 29.8 Å². The number of hydrogen-bond acceptors (Lipinski definition) is 4. The van der Waals surface area contributed by atoms with E-state index < -0.39 is 0 Å². The minimum Gasteiger partial charge on any atom is -0.508 e. The molecule has 4 heteroatoms. The van der Waals surface area contributed by atoms with Gasteiger partial charge in [0.2, 0.25) is 0 Å². The number of aryl methyl sites for hydroxylation is 1. The Balaban J connectivity index is 1.69. The second-order valence-electron chi connectivity index (χ2n) is 7.20. The van der Waals surface area contributed by atoms with Gasteiger partial charge in [-0.2, -0.15) is 0 Å². The highest BCUT2D eigenvalue weighted by molar-refractivity contribution is 5.55. The molecule has 1 saturated heterocycles. The number of fused-ring (bicyclic) bond motifs is 2. The molecule has 0 radical (unpaired) electrons. The summed E-state index contributed by atoms with van der Waals surface area (Å²) in [5.74, 6) is 1.87. The summed E-state index contributed by atoms with van der Waals surface area (Å²) in [7, 11) is 0. The third kappa shape index (κ3) is 3.24. The number of phenols is 1. The number of likely N-dealkylation sites (N-methyl/N-ethyl adjacent to an activating group) is 1. The third-order valence-electron chi connectivity index (χ3n) is 5.36. The van der Waals surface area contributed by atoms with Gasteiger partial charge in [-0.25, -0.2) is 0 Å². The topological polar surface area (TPSA) is 44.7 Å². The van der Waals surface area contributed by atoms with E-state index in [0.29, 0.717) is 6.04 Å². The smallest absolute Gasteiger partial charge is 0.136 e. The summed E-state index contributed by atoms with van der Waals surface area (Å²) < 4.78 is 6.06. The molecule has 2 N–H and O–H groups in total. The largest absolute Gasteiger partial charge is 0.508 e. The Hall–Kier alpha value is -2.04. The first-order valence-electron chi connectivity index (χ1n) is 9.23. The van der Waals surface area contributed by atoms with E-state index in [1.54, 1.807) is 12.1 Å². The summed E-state index contributed by atoms with van der Waals surface area (Å²) in [5.41, 5.74) is 3.52. The molecule has 0 spiro atoms. The fourth-order valence-corrected chi connectivity index (χ4v) is 4.02. The first kappa shape index (κ1) is 16.4. The van der Waals surface area contributed by atoms with Crippen molar-refractivity contribution in [3.05, 3.63) is 53.1 Å². The predicted octanol–water partition coefficient (Wildman–Crippen LogP) is 3.97. The SMILES string of the molecule is CCN1CCCC(NC2c3ccc(O)cc3Oc3ccc(C)cc32)C1. The molecule has 4 rings (SSSR count). The number of ether oxygens (including phenoxy) is 1. The molecule has 2 aromatic rings. The maximum absolute atomic E-state index is 9.85. The number of benzene rings is 2. The standard InChI is InChI=1S/C21H26N2O2/c1-3-23-10-4-5-15(13-23)22-21-17-8-7-16(24)12-20(17)25-19-9-6-14(2)11-18(19)21/h6-9,11-12,15,21-22,24H,3-5,10,13H2,1-2H3. The molecule has 2 heterocycles. The number of rotatable bonds is 3. The normalized spacial score (nSPS) is 22.8. The molecule has 0 aliphatic carbocycles. The molecule has 132 valence electrons. The molecule has 1 fully saturated rings. The molecule has 2 aliphatic heterocycles. The zero-order valence-electron chi connectivity index (χ0n) is 15.0. The maximum Gasteiger partial charge on any atom is 0.136 e. The van der Waals surface area contributed by atoms with Crippen LogP contribution in [0.2, 0.25) is 0 Å². The summed E-state index contributed by atoms with van der Waals surface area (Å²) in [6.07, 6.45) is 2.43. The van der Waals surface area contributed by atoms with Crippen LogP contribution in [-0.2, 0) is 0 Å². The highest BCUT2D eigenvalue weighted by atomic mass is 16.5. The van der Waals surface area contributed by atoms with Crippen LogP contribution in [0, 0.1) is 6.92 Å². The first-order valence-corrected chi connectivity index (χ1v) is 9.23. The lowest BCUT2D eigenvalue weighted by Crippen LogP contribution is -2.47. The lowest BCUT2D eigenvalue weighted by Gasteiger charge is -2.37. The second kappa shape index (κ2) is 6.70. The molecular weight excluding hydrogens is 312 g/mol.